The van der Waals surface area contributed by atoms with E-state index in [0.717, 1.165) is 22.2 Å². The molecule has 0 aliphatic heterocycles. The number of nitrogens with zero attached hydrogens (tertiary/aromatic N) is 4. The van der Waals surface area contributed by atoms with Crippen LogP contribution in [0.5, 0.6) is 0 Å². The third kappa shape index (κ3) is 3.76. The predicted octanol–water partition coefficient (Wildman–Crippen LogP) is 4.96. The molecular weight excluding hydrogens is 421 g/mol. The number of carbonyl (C=O) groups excluding carboxylic acids is 1. The van der Waals surface area contributed by atoms with Gasteiger partial charge in [-0.25, -0.2) is 4.68 Å². The lowest BCUT2D eigenvalue weighted by molar-refractivity contribution is 0.0946. The fourth-order valence-electron chi connectivity index (χ4n) is 3.44. The molecule has 2 heterocycles. The third-order valence-electron chi connectivity index (χ3n) is 5.01. The van der Waals surface area contributed by atoms with Crippen molar-refractivity contribution in [3.8, 4) is 5.69 Å². The standard InChI is InChI=1S/C22H19Cl2N5O/c1-13(19-16(23)8-4-9-17(19)24)12-26-22(30)20-14(2)29(28-27-20)18-10-3-6-15-7-5-11-25-21(15)18/h3-11,13H,12H2,1-2H3,(H,26,30). The van der Waals surface area contributed by atoms with Gasteiger partial charge in [0.25, 0.3) is 5.91 Å². The lowest BCUT2D eigenvalue weighted by Crippen LogP contribution is -2.28. The molecule has 0 saturated heterocycles. The van der Waals surface area contributed by atoms with Crippen LogP contribution < -0.4 is 5.32 Å². The zero-order valence-corrected chi connectivity index (χ0v) is 17.9. The Labute approximate surface area is 183 Å². The van der Waals surface area contributed by atoms with Crippen LogP contribution in [0, 0.1) is 6.92 Å². The second-order valence-electron chi connectivity index (χ2n) is 7.03. The van der Waals surface area contributed by atoms with Crippen LogP contribution in [0.4, 0.5) is 0 Å². The van der Waals surface area contributed by atoms with Gasteiger partial charge in [0.05, 0.1) is 16.9 Å². The zero-order valence-electron chi connectivity index (χ0n) is 16.4. The highest BCUT2D eigenvalue weighted by Gasteiger charge is 2.20. The minimum Gasteiger partial charge on any atom is -0.350 e. The Kier molecular flexibility index (Phi) is 5.70. The van der Waals surface area contributed by atoms with Crippen molar-refractivity contribution in [3.05, 3.63) is 81.7 Å². The molecule has 8 heteroatoms. The normalized spacial score (nSPS) is 12.1. The fourth-order valence-corrected chi connectivity index (χ4v) is 4.21. The molecule has 2 aromatic heterocycles. The third-order valence-corrected chi connectivity index (χ3v) is 5.67. The van der Waals surface area contributed by atoms with E-state index in [1.807, 2.05) is 44.2 Å². The minimum absolute atomic E-state index is 0.0623. The highest BCUT2D eigenvalue weighted by molar-refractivity contribution is 6.36. The van der Waals surface area contributed by atoms with Crippen LogP contribution in [-0.2, 0) is 0 Å². The van der Waals surface area contributed by atoms with E-state index in [-0.39, 0.29) is 17.5 Å². The van der Waals surface area contributed by atoms with Crippen LogP contribution in [0.3, 0.4) is 0 Å². The van der Waals surface area contributed by atoms with Crippen LogP contribution in [0.1, 0.15) is 34.6 Å². The summed E-state index contributed by atoms with van der Waals surface area (Å²) in [4.78, 5) is 17.2. The van der Waals surface area contributed by atoms with E-state index in [2.05, 4.69) is 20.6 Å². The highest BCUT2D eigenvalue weighted by Crippen LogP contribution is 2.31. The maximum atomic E-state index is 12.8. The van der Waals surface area contributed by atoms with E-state index in [0.29, 0.717) is 22.3 Å². The van der Waals surface area contributed by atoms with Crippen LogP contribution in [0.2, 0.25) is 10.0 Å². The molecule has 152 valence electrons. The van der Waals surface area contributed by atoms with Gasteiger partial charge in [0.2, 0.25) is 0 Å². The van der Waals surface area contributed by atoms with Crippen molar-refractivity contribution in [1.82, 2.24) is 25.3 Å². The number of fused-ring (bicyclic) bond motifs is 1. The van der Waals surface area contributed by atoms with Crippen molar-refractivity contribution in [2.45, 2.75) is 19.8 Å². The molecule has 0 radical (unpaired) electrons. The van der Waals surface area contributed by atoms with Crippen molar-refractivity contribution in [2.75, 3.05) is 6.54 Å². The number of hydrogen-bond donors (Lipinski definition) is 1. The molecule has 1 amide bonds. The molecule has 0 aliphatic carbocycles. The molecule has 30 heavy (non-hydrogen) atoms. The van der Waals surface area contributed by atoms with E-state index in [4.69, 9.17) is 23.2 Å². The summed E-state index contributed by atoms with van der Waals surface area (Å²) >= 11 is 12.5. The lowest BCUT2D eigenvalue weighted by Gasteiger charge is -2.16. The number of hydrogen-bond acceptors (Lipinski definition) is 4. The number of benzene rings is 2. The summed E-state index contributed by atoms with van der Waals surface area (Å²) in [5.74, 6) is -0.366. The first-order chi connectivity index (χ1) is 14.5. The van der Waals surface area contributed by atoms with Crippen LogP contribution >= 0.6 is 23.2 Å². The number of nitrogens with one attached hydrogen (secondary N) is 1. The minimum atomic E-state index is -0.304. The second kappa shape index (κ2) is 8.42. The molecule has 4 aromatic rings. The van der Waals surface area contributed by atoms with Gasteiger partial charge in [-0.2, -0.15) is 0 Å². The van der Waals surface area contributed by atoms with E-state index in [1.54, 1.807) is 29.1 Å². The lowest BCUT2D eigenvalue weighted by atomic mass is 10.0. The first-order valence-corrected chi connectivity index (χ1v) is 10.2. The van der Waals surface area contributed by atoms with Crippen molar-refractivity contribution < 1.29 is 4.79 Å². The molecule has 0 fully saturated rings. The monoisotopic (exact) mass is 439 g/mol. The van der Waals surface area contributed by atoms with Gasteiger partial charge in [0.1, 0.15) is 0 Å². The van der Waals surface area contributed by atoms with Crippen molar-refractivity contribution >= 4 is 40.0 Å². The van der Waals surface area contributed by atoms with Gasteiger partial charge in [0.15, 0.2) is 5.69 Å². The molecule has 2 aromatic carbocycles. The van der Waals surface area contributed by atoms with Gasteiger partial charge in [-0.3, -0.25) is 9.78 Å². The van der Waals surface area contributed by atoms with E-state index < -0.39 is 0 Å². The van der Waals surface area contributed by atoms with Crippen LogP contribution in [0.15, 0.2) is 54.7 Å². The summed E-state index contributed by atoms with van der Waals surface area (Å²) < 4.78 is 1.64. The van der Waals surface area contributed by atoms with Gasteiger partial charge in [-0.1, -0.05) is 59.6 Å². The molecule has 0 aliphatic rings. The molecular formula is C22H19Cl2N5O. The number of rotatable bonds is 5. The number of amides is 1. The Bertz CT molecular complexity index is 1210. The first kappa shape index (κ1) is 20.3. The van der Waals surface area contributed by atoms with Crippen molar-refractivity contribution in [1.29, 1.82) is 0 Å². The van der Waals surface area contributed by atoms with Crippen LogP contribution in [-0.4, -0.2) is 32.4 Å². The molecule has 1 unspecified atom stereocenters. The summed E-state index contributed by atoms with van der Waals surface area (Å²) in [6.45, 7) is 4.13. The van der Waals surface area contributed by atoms with Crippen molar-refractivity contribution in [3.63, 3.8) is 0 Å². The number of aromatic nitrogens is 4. The van der Waals surface area contributed by atoms with Crippen LogP contribution in [0.25, 0.3) is 16.6 Å². The fraction of sp³-hybridized carbons (Fsp3) is 0.182. The second-order valence-corrected chi connectivity index (χ2v) is 7.85. The molecule has 4 rings (SSSR count). The Hall–Kier alpha value is -2.96. The Morgan fingerprint density at radius 2 is 1.80 bits per heavy atom. The SMILES string of the molecule is Cc1c(C(=O)NCC(C)c2c(Cl)cccc2Cl)nnn1-c1cccc2cccnc12. The number of halogens is 2. The Morgan fingerprint density at radius 1 is 1.10 bits per heavy atom. The van der Waals surface area contributed by atoms with Gasteiger partial charge in [-0.15, -0.1) is 5.10 Å². The zero-order chi connectivity index (χ0) is 21.3. The number of para-hydroxylation sites is 1. The van der Waals surface area contributed by atoms with E-state index in [1.165, 1.54) is 0 Å². The summed E-state index contributed by atoms with van der Waals surface area (Å²) in [5, 5.41) is 13.4. The average molecular weight is 440 g/mol. The van der Waals surface area contributed by atoms with E-state index >= 15 is 0 Å². The van der Waals surface area contributed by atoms with E-state index in [9.17, 15) is 4.79 Å². The highest BCUT2D eigenvalue weighted by atomic mass is 35.5. The molecule has 0 bridgehead atoms. The smallest absolute Gasteiger partial charge is 0.273 e. The van der Waals surface area contributed by atoms with Gasteiger partial charge in [0, 0.05) is 34.1 Å². The predicted molar refractivity (Wildman–Crippen MR) is 119 cm³/mol. The molecule has 6 nitrogen and oxygen atoms in total. The van der Waals surface area contributed by atoms with Gasteiger partial charge < -0.3 is 5.32 Å². The first-order valence-electron chi connectivity index (χ1n) is 9.46. The van der Waals surface area contributed by atoms with Crippen molar-refractivity contribution in [2.24, 2.45) is 0 Å². The Morgan fingerprint density at radius 3 is 2.57 bits per heavy atom. The largest absolute Gasteiger partial charge is 0.350 e. The maximum Gasteiger partial charge on any atom is 0.273 e. The number of pyridine rings is 1. The summed E-state index contributed by atoms with van der Waals surface area (Å²) in [7, 11) is 0. The summed E-state index contributed by atoms with van der Waals surface area (Å²) in [6.07, 6.45) is 1.73. The average Bonchev–Trinajstić information content (AvgIpc) is 3.12. The van der Waals surface area contributed by atoms with Gasteiger partial charge >= 0.3 is 0 Å². The summed E-state index contributed by atoms with van der Waals surface area (Å²) in [5.41, 5.74) is 3.27. The number of carbonyl (C=O) groups is 1. The molecule has 0 spiro atoms. The molecule has 1 atom stereocenters. The maximum absolute atomic E-state index is 12.8. The molecule has 0 saturated carbocycles. The summed E-state index contributed by atoms with van der Waals surface area (Å²) in [6, 6.07) is 15.0. The quantitative estimate of drug-likeness (QED) is 0.476. The van der Waals surface area contributed by atoms with Gasteiger partial charge in [-0.05, 0) is 36.8 Å². The topological polar surface area (TPSA) is 72.7 Å². The Balaban J connectivity index is 1.56. The molecule has 1 N–H and O–H groups in total.